The Kier molecular flexibility index (Phi) is 10.2. The minimum Gasteiger partial charge on any atom is -0.493 e. The third-order valence-electron chi connectivity index (χ3n) is 7.00. The van der Waals surface area contributed by atoms with Crippen LogP contribution in [0.4, 0.5) is 5.69 Å². The molecule has 2 amide bonds. The van der Waals surface area contributed by atoms with Gasteiger partial charge in [0.2, 0.25) is 23.0 Å². The molecule has 11 nitrogen and oxygen atoms in total. The molecule has 1 aliphatic rings. The monoisotopic (exact) mass is 569 g/mol. The molecule has 1 aliphatic carbocycles. The number of hydrogen-bond acceptors (Lipinski definition) is 8. The van der Waals surface area contributed by atoms with Gasteiger partial charge in [0.15, 0.2) is 11.5 Å². The lowest BCUT2D eigenvalue weighted by Gasteiger charge is -2.22. The minimum atomic E-state index is -1.16. The predicted octanol–water partition coefficient (Wildman–Crippen LogP) is 3.28. The van der Waals surface area contributed by atoms with Gasteiger partial charge in [-0.1, -0.05) is 19.9 Å². The third kappa shape index (κ3) is 7.08. The number of methoxy groups -OCH3 is 3. The predicted molar refractivity (Wildman–Crippen MR) is 155 cm³/mol. The van der Waals surface area contributed by atoms with Crippen molar-refractivity contribution in [3.63, 3.8) is 0 Å². The first-order valence-corrected chi connectivity index (χ1v) is 13.5. The van der Waals surface area contributed by atoms with Crippen molar-refractivity contribution >= 4 is 23.5 Å². The van der Waals surface area contributed by atoms with Gasteiger partial charge < -0.3 is 35.3 Å². The Morgan fingerprint density at radius 1 is 1.02 bits per heavy atom. The number of aliphatic carboxylic acids is 1. The van der Waals surface area contributed by atoms with Crippen LogP contribution in [0.1, 0.15) is 57.7 Å². The number of carboxylic acid groups (broad SMARTS) is 1. The average molecular weight is 570 g/mol. The lowest BCUT2D eigenvalue weighted by molar-refractivity contribution is -0.141. The van der Waals surface area contributed by atoms with Crippen molar-refractivity contribution in [2.75, 3.05) is 26.6 Å². The van der Waals surface area contributed by atoms with Crippen molar-refractivity contribution in [1.29, 1.82) is 0 Å². The molecule has 0 spiro atoms. The van der Waals surface area contributed by atoms with E-state index in [0.29, 0.717) is 53.2 Å². The number of hydrogen-bond donors (Lipinski definition) is 4. The van der Waals surface area contributed by atoms with Gasteiger partial charge in [-0.05, 0) is 67.0 Å². The summed E-state index contributed by atoms with van der Waals surface area (Å²) in [4.78, 5) is 50.1. The van der Waals surface area contributed by atoms with Crippen LogP contribution in [0.3, 0.4) is 0 Å². The molecule has 0 fully saturated rings. The lowest BCUT2D eigenvalue weighted by atomic mass is 9.95. The summed E-state index contributed by atoms with van der Waals surface area (Å²) in [6.45, 7) is 6.65. The van der Waals surface area contributed by atoms with Crippen LogP contribution in [0.2, 0.25) is 0 Å². The zero-order valence-corrected chi connectivity index (χ0v) is 24.5. The fraction of sp³-hybridized carbons (Fsp3) is 0.467. The molecule has 11 heteroatoms. The highest BCUT2D eigenvalue weighted by molar-refractivity contribution is 5.89. The van der Waals surface area contributed by atoms with E-state index in [1.54, 1.807) is 12.1 Å². The van der Waals surface area contributed by atoms with Crippen LogP contribution in [-0.2, 0) is 20.8 Å². The minimum absolute atomic E-state index is 0.0744. The number of rotatable bonds is 11. The van der Waals surface area contributed by atoms with Gasteiger partial charge in [-0.25, -0.2) is 0 Å². The number of aryl methyl sites for hydroxylation is 1. The van der Waals surface area contributed by atoms with E-state index in [9.17, 15) is 24.3 Å². The number of ether oxygens (including phenoxy) is 3. The highest BCUT2D eigenvalue weighted by atomic mass is 16.5. The largest absolute Gasteiger partial charge is 0.493 e. The second-order valence-electron chi connectivity index (χ2n) is 10.5. The van der Waals surface area contributed by atoms with Gasteiger partial charge >= 0.3 is 5.97 Å². The SMILES string of the molecule is COc1cc2c(c(OC)c1OC)-c1ccc(N[C@H](CC(C)C)C(=O)N[C@H](C)C(=O)O)c(=O)cc1[C@H](NC(C)=O)CC2. The molecule has 0 radical (unpaired) electrons. The topological polar surface area (TPSA) is 152 Å². The van der Waals surface area contributed by atoms with E-state index in [2.05, 4.69) is 16.0 Å². The Balaban J connectivity index is 2.23. The zero-order valence-electron chi connectivity index (χ0n) is 24.5. The molecule has 222 valence electrons. The molecule has 0 saturated heterocycles. The fourth-order valence-corrected chi connectivity index (χ4v) is 5.09. The maximum Gasteiger partial charge on any atom is 0.325 e. The Morgan fingerprint density at radius 2 is 1.71 bits per heavy atom. The van der Waals surface area contributed by atoms with E-state index >= 15 is 0 Å². The number of carboxylic acids is 1. The molecule has 0 unspecified atom stereocenters. The summed E-state index contributed by atoms with van der Waals surface area (Å²) in [7, 11) is 4.57. The van der Waals surface area contributed by atoms with Crippen molar-refractivity contribution in [2.45, 2.75) is 65.1 Å². The number of benzene rings is 1. The molecule has 0 heterocycles. The standard InChI is InChI=1S/C30H39N3O8/c1-15(2)12-23(29(36)31-16(3)30(37)38)33-22-11-9-19-20(14-24(22)35)21(32-17(4)34)10-8-18-13-25(39-5)27(40-6)28(41-7)26(18)19/h9,11,13-16,21,23H,8,10,12H2,1-7H3,(H,31,36)(H,32,34)(H,33,35)(H,37,38)/t16-,21-,23-/m1/s1. The Bertz CT molecular complexity index is 1370. The number of anilines is 1. The van der Waals surface area contributed by atoms with Crippen LogP contribution in [-0.4, -0.2) is 56.3 Å². The van der Waals surface area contributed by atoms with Gasteiger partial charge in [0, 0.05) is 12.5 Å². The van der Waals surface area contributed by atoms with Crippen LogP contribution in [0, 0.1) is 5.92 Å². The number of fused-ring (bicyclic) bond motifs is 3. The number of carbonyl (C=O) groups excluding carboxylic acids is 2. The van der Waals surface area contributed by atoms with Gasteiger partial charge in [-0.15, -0.1) is 0 Å². The van der Waals surface area contributed by atoms with Crippen LogP contribution in [0.5, 0.6) is 17.2 Å². The summed E-state index contributed by atoms with van der Waals surface area (Å²) < 4.78 is 17.0. The summed E-state index contributed by atoms with van der Waals surface area (Å²) in [5, 5.41) is 17.7. The molecule has 4 N–H and O–H groups in total. The maximum absolute atomic E-state index is 13.6. The molecule has 0 bridgehead atoms. The van der Waals surface area contributed by atoms with Crippen LogP contribution < -0.4 is 35.6 Å². The van der Waals surface area contributed by atoms with E-state index in [4.69, 9.17) is 14.2 Å². The molecular formula is C30H39N3O8. The zero-order chi connectivity index (χ0) is 30.4. The van der Waals surface area contributed by atoms with Crippen molar-refractivity contribution in [1.82, 2.24) is 10.6 Å². The van der Waals surface area contributed by atoms with Gasteiger partial charge in [0.25, 0.3) is 0 Å². The van der Waals surface area contributed by atoms with E-state index < -0.39 is 35.4 Å². The molecule has 0 aliphatic heterocycles. The summed E-state index contributed by atoms with van der Waals surface area (Å²) >= 11 is 0. The van der Waals surface area contributed by atoms with E-state index in [1.807, 2.05) is 19.9 Å². The summed E-state index contributed by atoms with van der Waals surface area (Å²) in [6, 6.07) is 4.26. The van der Waals surface area contributed by atoms with Crippen LogP contribution in [0.25, 0.3) is 11.1 Å². The molecular weight excluding hydrogens is 530 g/mol. The second kappa shape index (κ2) is 13.4. The second-order valence-corrected chi connectivity index (χ2v) is 10.5. The highest BCUT2D eigenvalue weighted by Gasteiger charge is 2.30. The molecule has 3 atom stereocenters. The van der Waals surface area contributed by atoms with E-state index in [-0.39, 0.29) is 17.5 Å². The number of amides is 2. The van der Waals surface area contributed by atoms with Crippen molar-refractivity contribution in [3.8, 4) is 28.4 Å². The van der Waals surface area contributed by atoms with Gasteiger partial charge in [-0.2, -0.15) is 0 Å². The first-order valence-electron chi connectivity index (χ1n) is 13.5. The van der Waals surface area contributed by atoms with Crippen LogP contribution in [0.15, 0.2) is 29.1 Å². The van der Waals surface area contributed by atoms with Gasteiger partial charge in [0.05, 0.1) is 33.1 Å². The van der Waals surface area contributed by atoms with E-state index in [0.717, 1.165) is 5.56 Å². The normalized spacial score (nSPS) is 15.4. The Labute approximate surface area is 239 Å². The summed E-state index contributed by atoms with van der Waals surface area (Å²) in [5.74, 6) is -0.540. The van der Waals surface area contributed by atoms with E-state index in [1.165, 1.54) is 41.2 Å². The molecule has 2 aromatic carbocycles. The van der Waals surface area contributed by atoms with Gasteiger partial charge in [-0.3, -0.25) is 19.2 Å². The molecule has 0 saturated carbocycles. The maximum atomic E-state index is 13.6. The molecule has 41 heavy (non-hydrogen) atoms. The van der Waals surface area contributed by atoms with Crippen molar-refractivity contribution in [2.24, 2.45) is 5.92 Å². The fourth-order valence-electron chi connectivity index (χ4n) is 5.09. The van der Waals surface area contributed by atoms with Crippen LogP contribution >= 0.6 is 0 Å². The molecule has 3 rings (SSSR count). The summed E-state index contributed by atoms with van der Waals surface area (Å²) in [6.07, 6.45) is 1.43. The lowest BCUT2D eigenvalue weighted by Crippen LogP contribution is -2.47. The third-order valence-corrected chi connectivity index (χ3v) is 7.00. The summed E-state index contributed by atoms with van der Waals surface area (Å²) in [5.41, 5.74) is 2.61. The molecule has 0 aromatic heterocycles. The smallest absolute Gasteiger partial charge is 0.325 e. The van der Waals surface area contributed by atoms with Gasteiger partial charge in [0.1, 0.15) is 12.1 Å². The quantitative estimate of drug-likeness (QED) is 0.319. The molecule has 2 aromatic rings. The average Bonchev–Trinajstić information content (AvgIpc) is 3.15. The first-order chi connectivity index (χ1) is 19.4. The van der Waals surface area contributed by atoms with Crippen molar-refractivity contribution < 1.29 is 33.7 Å². The Hall–Kier alpha value is -4.28. The highest BCUT2D eigenvalue weighted by Crippen LogP contribution is 2.50. The first kappa shape index (κ1) is 31.3. The van der Waals surface area contributed by atoms with Crippen molar-refractivity contribution in [3.05, 3.63) is 45.6 Å². The Morgan fingerprint density at radius 3 is 2.27 bits per heavy atom. The number of carbonyl (C=O) groups is 3. The number of nitrogens with one attached hydrogen (secondary N) is 3.